The van der Waals surface area contributed by atoms with Crippen LogP contribution >= 0.6 is 0 Å². The third-order valence-electron chi connectivity index (χ3n) is 5.82. The number of carbonyl (C=O) groups excluding carboxylic acids is 2. The first kappa shape index (κ1) is 22.8. The topological polar surface area (TPSA) is 61.4 Å². The van der Waals surface area contributed by atoms with Gasteiger partial charge in [0.15, 0.2) is 0 Å². The molecule has 1 saturated carbocycles. The van der Waals surface area contributed by atoms with E-state index in [2.05, 4.69) is 10.6 Å². The molecule has 166 valence electrons. The number of benzene rings is 2. The fourth-order valence-electron chi connectivity index (χ4n) is 3.98. The lowest BCUT2D eigenvalue weighted by atomic mass is 10.0. The van der Waals surface area contributed by atoms with Crippen LogP contribution in [0.1, 0.15) is 50.5 Å². The van der Waals surface area contributed by atoms with Crippen LogP contribution in [0.4, 0.5) is 20.6 Å². The molecule has 2 N–H and O–H groups in total. The molecule has 1 fully saturated rings. The molecule has 3 amide bonds. The van der Waals surface area contributed by atoms with Crippen molar-refractivity contribution in [3.05, 3.63) is 59.9 Å². The van der Waals surface area contributed by atoms with Crippen LogP contribution < -0.4 is 15.5 Å². The maximum atomic E-state index is 13.3. The van der Waals surface area contributed by atoms with Crippen molar-refractivity contribution < 1.29 is 14.0 Å². The minimum absolute atomic E-state index is 0.0735. The summed E-state index contributed by atoms with van der Waals surface area (Å²) in [5.41, 5.74) is 2.42. The van der Waals surface area contributed by atoms with Crippen molar-refractivity contribution in [3.8, 4) is 0 Å². The number of hydrogen-bond donors (Lipinski definition) is 2. The van der Waals surface area contributed by atoms with Crippen molar-refractivity contribution in [2.24, 2.45) is 5.92 Å². The standard InChI is InChI=1S/C25H32FN3O2/c1-19-7-12-22(13-8-19)28-25(31)29(23-14-10-21(26)11-15-23)18-4-17-27-24(30)16-9-20-5-2-3-6-20/h7-8,10-15,20H,2-6,9,16-18H2,1H3,(H,27,30)(H,28,31). The van der Waals surface area contributed by atoms with Crippen molar-refractivity contribution in [3.63, 3.8) is 0 Å². The van der Waals surface area contributed by atoms with Crippen LogP contribution in [0, 0.1) is 18.7 Å². The second-order valence-electron chi connectivity index (χ2n) is 8.32. The van der Waals surface area contributed by atoms with Crippen LogP contribution in [0.3, 0.4) is 0 Å². The third-order valence-corrected chi connectivity index (χ3v) is 5.82. The average Bonchev–Trinajstić information content (AvgIpc) is 3.28. The molecule has 5 nitrogen and oxygen atoms in total. The Balaban J connectivity index is 1.51. The van der Waals surface area contributed by atoms with Crippen molar-refractivity contribution in [2.75, 3.05) is 23.3 Å². The molecule has 0 atom stereocenters. The van der Waals surface area contributed by atoms with Gasteiger partial charge in [0.05, 0.1) is 0 Å². The predicted molar refractivity (Wildman–Crippen MR) is 123 cm³/mol. The van der Waals surface area contributed by atoms with Crippen molar-refractivity contribution in [2.45, 2.75) is 51.9 Å². The molecule has 3 rings (SSSR count). The SMILES string of the molecule is Cc1ccc(NC(=O)N(CCCNC(=O)CCC2CCCC2)c2ccc(F)cc2)cc1. The highest BCUT2D eigenvalue weighted by atomic mass is 19.1. The zero-order valence-corrected chi connectivity index (χ0v) is 18.2. The van der Waals surface area contributed by atoms with Crippen molar-refractivity contribution in [1.29, 1.82) is 0 Å². The molecule has 0 bridgehead atoms. The van der Waals surface area contributed by atoms with E-state index in [1.165, 1.54) is 37.8 Å². The molecule has 1 aliphatic rings. The molecule has 0 saturated heterocycles. The Bertz CT molecular complexity index is 846. The van der Waals surface area contributed by atoms with Crippen LogP contribution in [0.25, 0.3) is 0 Å². The van der Waals surface area contributed by atoms with Gasteiger partial charge in [0.25, 0.3) is 0 Å². The third kappa shape index (κ3) is 7.39. The van der Waals surface area contributed by atoms with Gasteiger partial charge in [-0.2, -0.15) is 0 Å². The second-order valence-corrected chi connectivity index (χ2v) is 8.32. The highest BCUT2D eigenvalue weighted by Gasteiger charge is 2.17. The number of anilines is 2. The largest absolute Gasteiger partial charge is 0.356 e. The van der Waals surface area contributed by atoms with Gasteiger partial charge in [0, 0.05) is 30.9 Å². The Morgan fingerprint density at radius 1 is 1.03 bits per heavy atom. The second kappa shape index (κ2) is 11.5. The normalized spacial score (nSPS) is 13.7. The summed E-state index contributed by atoms with van der Waals surface area (Å²) in [4.78, 5) is 26.6. The lowest BCUT2D eigenvalue weighted by Gasteiger charge is -2.23. The Hall–Kier alpha value is -2.89. The van der Waals surface area contributed by atoms with E-state index in [4.69, 9.17) is 0 Å². The van der Waals surface area contributed by atoms with Gasteiger partial charge in [-0.15, -0.1) is 0 Å². The number of aryl methyl sites for hydroxylation is 1. The van der Waals surface area contributed by atoms with E-state index < -0.39 is 0 Å². The summed E-state index contributed by atoms with van der Waals surface area (Å²) >= 11 is 0. The first-order chi connectivity index (χ1) is 15.0. The van der Waals surface area contributed by atoms with Gasteiger partial charge in [-0.05, 0) is 62.1 Å². The molecule has 31 heavy (non-hydrogen) atoms. The van der Waals surface area contributed by atoms with Crippen LogP contribution in [0.15, 0.2) is 48.5 Å². The monoisotopic (exact) mass is 425 g/mol. The molecule has 2 aromatic carbocycles. The number of nitrogens with zero attached hydrogens (tertiary/aromatic N) is 1. The van der Waals surface area contributed by atoms with E-state index in [-0.39, 0.29) is 17.8 Å². The molecule has 2 aromatic rings. The summed E-state index contributed by atoms with van der Waals surface area (Å²) in [5.74, 6) is 0.423. The van der Waals surface area contributed by atoms with E-state index in [0.717, 1.165) is 12.0 Å². The molecule has 6 heteroatoms. The molecule has 0 radical (unpaired) electrons. The lowest BCUT2D eigenvalue weighted by Crippen LogP contribution is -2.37. The van der Waals surface area contributed by atoms with Gasteiger partial charge in [0.2, 0.25) is 5.91 Å². The number of rotatable bonds is 9. The average molecular weight is 426 g/mol. The van der Waals surface area contributed by atoms with E-state index >= 15 is 0 Å². The van der Waals surface area contributed by atoms with Gasteiger partial charge in [0.1, 0.15) is 5.82 Å². The van der Waals surface area contributed by atoms with Crippen LogP contribution in [0.2, 0.25) is 0 Å². The van der Waals surface area contributed by atoms with E-state index in [9.17, 15) is 14.0 Å². The number of nitrogens with one attached hydrogen (secondary N) is 2. The Labute approximate surface area is 184 Å². The number of hydrogen-bond acceptors (Lipinski definition) is 2. The first-order valence-electron chi connectivity index (χ1n) is 11.2. The van der Waals surface area contributed by atoms with Crippen LogP contribution in [-0.2, 0) is 4.79 Å². The van der Waals surface area contributed by atoms with E-state index in [1.54, 1.807) is 17.0 Å². The number of carbonyl (C=O) groups is 2. The fourth-order valence-corrected chi connectivity index (χ4v) is 3.98. The minimum atomic E-state index is -0.350. The van der Waals surface area contributed by atoms with Gasteiger partial charge >= 0.3 is 6.03 Å². The van der Waals surface area contributed by atoms with Gasteiger partial charge in [-0.3, -0.25) is 9.69 Å². The highest BCUT2D eigenvalue weighted by Crippen LogP contribution is 2.28. The summed E-state index contributed by atoms with van der Waals surface area (Å²) in [7, 11) is 0. The minimum Gasteiger partial charge on any atom is -0.356 e. The summed E-state index contributed by atoms with van der Waals surface area (Å²) < 4.78 is 13.3. The maximum Gasteiger partial charge on any atom is 0.326 e. The highest BCUT2D eigenvalue weighted by molar-refractivity contribution is 6.01. The number of urea groups is 1. The Morgan fingerprint density at radius 2 is 1.71 bits per heavy atom. The lowest BCUT2D eigenvalue weighted by molar-refractivity contribution is -0.121. The molecule has 0 unspecified atom stereocenters. The molecule has 0 spiro atoms. The summed E-state index contributed by atoms with van der Waals surface area (Å²) in [6, 6.07) is 13.1. The van der Waals surface area contributed by atoms with Gasteiger partial charge in [-0.25, -0.2) is 9.18 Å². The molecule has 0 aromatic heterocycles. The number of halogens is 1. The molecule has 0 aliphatic heterocycles. The zero-order valence-electron chi connectivity index (χ0n) is 18.2. The predicted octanol–water partition coefficient (Wildman–Crippen LogP) is 5.65. The zero-order chi connectivity index (χ0) is 22.1. The summed E-state index contributed by atoms with van der Waals surface area (Å²) in [6.07, 6.45) is 7.21. The van der Waals surface area contributed by atoms with Crippen LogP contribution in [0.5, 0.6) is 0 Å². The van der Waals surface area contributed by atoms with Crippen molar-refractivity contribution >= 4 is 23.3 Å². The Morgan fingerprint density at radius 3 is 2.39 bits per heavy atom. The molecular weight excluding hydrogens is 393 g/mol. The first-order valence-corrected chi connectivity index (χ1v) is 11.2. The van der Waals surface area contributed by atoms with Gasteiger partial charge in [-0.1, -0.05) is 43.4 Å². The maximum absolute atomic E-state index is 13.3. The van der Waals surface area contributed by atoms with E-state index in [0.29, 0.717) is 43.2 Å². The van der Waals surface area contributed by atoms with E-state index in [1.807, 2.05) is 31.2 Å². The molecule has 1 aliphatic carbocycles. The quantitative estimate of drug-likeness (QED) is 0.510. The fraction of sp³-hybridized carbons (Fsp3) is 0.440. The molecular formula is C25H32FN3O2. The summed E-state index contributed by atoms with van der Waals surface area (Å²) in [6.45, 7) is 2.89. The van der Waals surface area contributed by atoms with Gasteiger partial charge < -0.3 is 10.6 Å². The van der Waals surface area contributed by atoms with Crippen molar-refractivity contribution in [1.82, 2.24) is 5.32 Å². The van der Waals surface area contributed by atoms with Crippen LogP contribution in [-0.4, -0.2) is 25.0 Å². The smallest absolute Gasteiger partial charge is 0.326 e. The molecule has 0 heterocycles. The Kier molecular flexibility index (Phi) is 8.44. The number of amides is 3. The summed E-state index contributed by atoms with van der Waals surface area (Å²) in [5, 5.41) is 5.85.